The van der Waals surface area contributed by atoms with Crippen molar-refractivity contribution >= 4 is 11.9 Å². The van der Waals surface area contributed by atoms with Gasteiger partial charge in [-0.2, -0.15) is 0 Å². The Bertz CT molecular complexity index is 104. The molecule has 1 aliphatic rings. The number of rotatable bonds is 0. The maximum atomic E-state index is 9.00. The molecule has 0 unspecified atom stereocenters. The number of carboxylic acid groups (broad SMARTS) is 2. The molecule has 0 aromatic heterocycles. The summed E-state index contributed by atoms with van der Waals surface area (Å²) in [6.45, 7) is 3.72. The first-order valence-electron chi connectivity index (χ1n) is 3.10. The fraction of sp³-hybridized carbons (Fsp3) is 0.667. The summed E-state index contributed by atoms with van der Waals surface area (Å²) in [4.78, 5) is 26.4. The second-order valence-electron chi connectivity index (χ2n) is 1.68. The highest BCUT2D eigenvalue weighted by Gasteiger charge is 1.95. The summed E-state index contributed by atoms with van der Waals surface area (Å²) < 4.78 is 0. The Hall–Kier alpha value is -1.14. The van der Waals surface area contributed by atoms with E-state index in [1.807, 2.05) is 0 Å². The maximum absolute atomic E-state index is 9.00. The van der Waals surface area contributed by atoms with Gasteiger partial charge in [0.1, 0.15) is 13.2 Å². The van der Waals surface area contributed by atoms with Gasteiger partial charge >= 0.3 is 0 Å². The number of carbonyl (C=O) groups is 2. The van der Waals surface area contributed by atoms with Crippen LogP contribution in [0.3, 0.4) is 0 Å². The van der Waals surface area contributed by atoms with Gasteiger partial charge < -0.3 is 10.2 Å². The van der Waals surface area contributed by atoms with Gasteiger partial charge in [0.15, 0.2) is 0 Å². The van der Waals surface area contributed by atoms with Gasteiger partial charge in [0.25, 0.3) is 11.9 Å². The molecule has 0 saturated carbocycles. The molecule has 12 heavy (non-hydrogen) atoms. The summed E-state index contributed by atoms with van der Waals surface area (Å²) in [5.74, 6) is -1.67. The summed E-state index contributed by atoms with van der Waals surface area (Å²) in [5, 5.41) is 14.8. The molecule has 0 aliphatic carbocycles. The van der Waals surface area contributed by atoms with E-state index in [0.29, 0.717) is 0 Å². The summed E-state index contributed by atoms with van der Waals surface area (Å²) in [6.07, 6.45) is 0. The highest BCUT2D eigenvalue weighted by Crippen LogP contribution is 1.87. The molecule has 0 spiro atoms. The normalized spacial score (nSPS) is 12.2. The molecule has 0 atom stereocenters. The van der Waals surface area contributed by atoms with Crippen molar-refractivity contribution in [3.8, 4) is 0 Å². The van der Waals surface area contributed by atoms with Gasteiger partial charge in [0.2, 0.25) is 0 Å². The van der Waals surface area contributed by atoms with E-state index < -0.39 is 11.9 Å². The van der Waals surface area contributed by atoms with E-state index in [9.17, 15) is 0 Å². The highest BCUT2D eigenvalue weighted by molar-refractivity contribution is 5.63. The van der Waals surface area contributed by atoms with E-state index in [4.69, 9.17) is 19.8 Å². The van der Waals surface area contributed by atoms with Crippen LogP contribution in [0.1, 0.15) is 13.8 Å². The van der Waals surface area contributed by atoms with Crippen molar-refractivity contribution in [3.63, 3.8) is 0 Å². The third-order valence-corrected chi connectivity index (χ3v) is 0.333. The molecule has 2 N–H and O–H groups in total. The Morgan fingerprint density at radius 1 is 1.00 bits per heavy atom. The molecule has 0 bridgehead atoms. The van der Waals surface area contributed by atoms with Crippen molar-refractivity contribution in [2.24, 2.45) is 0 Å². The summed E-state index contributed by atoms with van der Waals surface area (Å²) in [6, 6.07) is 0. The smallest absolute Gasteiger partial charge is 0.300 e. The molecular formula is C6H12O6. The Balaban J connectivity index is 0. The van der Waals surface area contributed by atoms with Crippen molar-refractivity contribution in [2.45, 2.75) is 13.8 Å². The van der Waals surface area contributed by atoms with Crippen LogP contribution in [0, 0.1) is 0 Å². The first-order chi connectivity index (χ1) is 5.46. The lowest BCUT2D eigenvalue weighted by Crippen LogP contribution is -2.14. The topological polar surface area (TPSA) is 93.1 Å². The minimum Gasteiger partial charge on any atom is -0.481 e. The van der Waals surface area contributed by atoms with Crippen LogP contribution in [-0.4, -0.2) is 35.4 Å². The van der Waals surface area contributed by atoms with Crippen LogP contribution in [0.15, 0.2) is 0 Å². The predicted octanol–water partition coefficient (Wildman–Crippen LogP) is 0.130. The van der Waals surface area contributed by atoms with Crippen LogP contribution >= 0.6 is 0 Å². The second-order valence-corrected chi connectivity index (χ2v) is 1.68. The largest absolute Gasteiger partial charge is 0.481 e. The molecule has 0 aromatic rings. The van der Waals surface area contributed by atoms with Crippen molar-refractivity contribution in [3.05, 3.63) is 0 Å². The molecule has 1 fully saturated rings. The van der Waals surface area contributed by atoms with E-state index in [0.717, 1.165) is 27.1 Å². The molecule has 1 rings (SSSR count). The first kappa shape index (κ1) is 13.4. The molecule has 6 nitrogen and oxygen atoms in total. The Morgan fingerprint density at radius 3 is 1.08 bits per heavy atom. The number of hydrogen-bond donors (Lipinski definition) is 2. The Labute approximate surface area is 69.6 Å². The minimum atomic E-state index is -0.833. The molecule has 0 aromatic carbocycles. The van der Waals surface area contributed by atoms with Crippen molar-refractivity contribution in [1.29, 1.82) is 0 Å². The number of aliphatic carboxylic acids is 2. The summed E-state index contributed by atoms with van der Waals surface area (Å²) in [7, 11) is 0. The SMILES string of the molecule is C1COO1.CC(=O)O.CC(=O)O. The van der Waals surface area contributed by atoms with Crippen LogP contribution in [0.5, 0.6) is 0 Å². The standard InChI is InChI=1S/3C2H4O2/c1-2-4-3-1;2*1-2(3)4/h1-2H2;2*1H3,(H,3,4). The van der Waals surface area contributed by atoms with E-state index in [1.165, 1.54) is 0 Å². The van der Waals surface area contributed by atoms with Gasteiger partial charge in [-0.3, -0.25) is 9.59 Å². The highest BCUT2D eigenvalue weighted by atomic mass is 17.2. The van der Waals surface area contributed by atoms with Gasteiger partial charge in [0.05, 0.1) is 0 Å². The minimum absolute atomic E-state index is 0.778. The lowest BCUT2D eigenvalue weighted by Gasteiger charge is -2.08. The Morgan fingerprint density at radius 2 is 1.08 bits per heavy atom. The Kier molecular flexibility index (Phi) is 11.1. The molecule has 6 heteroatoms. The molecule has 0 amide bonds. The van der Waals surface area contributed by atoms with Crippen LogP contribution < -0.4 is 0 Å². The molecule has 1 heterocycles. The predicted molar refractivity (Wildman–Crippen MR) is 38.5 cm³/mol. The van der Waals surface area contributed by atoms with Crippen molar-refractivity contribution in [2.75, 3.05) is 13.2 Å². The van der Waals surface area contributed by atoms with Gasteiger partial charge in [-0.15, -0.1) is 0 Å². The molecule has 1 saturated heterocycles. The zero-order chi connectivity index (χ0) is 9.98. The summed E-state index contributed by atoms with van der Waals surface area (Å²) >= 11 is 0. The average molecular weight is 180 g/mol. The fourth-order valence-corrected chi connectivity index (χ4v) is 0.0833. The van der Waals surface area contributed by atoms with Crippen molar-refractivity contribution in [1.82, 2.24) is 0 Å². The summed E-state index contributed by atoms with van der Waals surface area (Å²) in [5.41, 5.74) is 0. The van der Waals surface area contributed by atoms with Gasteiger partial charge in [-0.05, 0) is 0 Å². The van der Waals surface area contributed by atoms with E-state index in [-0.39, 0.29) is 0 Å². The fourth-order valence-electron chi connectivity index (χ4n) is 0.0833. The molecule has 1 aliphatic heterocycles. The third-order valence-electron chi connectivity index (χ3n) is 0.333. The zero-order valence-corrected chi connectivity index (χ0v) is 6.94. The number of hydrogen-bond acceptors (Lipinski definition) is 4. The maximum Gasteiger partial charge on any atom is 0.300 e. The average Bonchev–Trinajstić information content (AvgIpc) is 1.50. The quantitative estimate of drug-likeness (QED) is 0.514. The molecule has 72 valence electrons. The zero-order valence-electron chi connectivity index (χ0n) is 6.94. The molecular weight excluding hydrogens is 168 g/mol. The van der Waals surface area contributed by atoms with Crippen molar-refractivity contribution < 1.29 is 29.6 Å². The van der Waals surface area contributed by atoms with Crippen LogP contribution in [-0.2, 0) is 19.4 Å². The van der Waals surface area contributed by atoms with Gasteiger partial charge in [-0.25, -0.2) is 9.78 Å². The second kappa shape index (κ2) is 9.86. The molecule has 0 radical (unpaired) electrons. The van der Waals surface area contributed by atoms with Gasteiger partial charge in [0, 0.05) is 13.8 Å². The lowest BCUT2D eigenvalue weighted by atomic mass is 10.8. The van der Waals surface area contributed by atoms with Gasteiger partial charge in [-0.1, -0.05) is 0 Å². The lowest BCUT2D eigenvalue weighted by molar-refractivity contribution is -0.382. The monoisotopic (exact) mass is 180 g/mol. The van der Waals surface area contributed by atoms with Crippen LogP contribution in [0.4, 0.5) is 0 Å². The first-order valence-corrected chi connectivity index (χ1v) is 3.10. The third kappa shape index (κ3) is 66.9. The van der Waals surface area contributed by atoms with Crippen LogP contribution in [0.25, 0.3) is 0 Å². The van der Waals surface area contributed by atoms with E-state index in [1.54, 1.807) is 0 Å². The number of carboxylic acids is 2. The van der Waals surface area contributed by atoms with E-state index in [2.05, 4.69) is 9.78 Å². The van der Waals surface area contributed by atoms with E-state index >= 15 is 0 Å². The van der Waals surface area contributed by atoms with Crippen LogP contribution in [0.2, 0.25) is 0 Å².